The van der Waals surface area contributed by atoms with E-state index in [0.717, 1.165) is 22.7 Å². The Labute approximate surface area is 112 Å². The first-order valence-corrected chi connectivity index (χ1v) is 7.39. The molecule has 1 heterocycles. The maximum atomic E-state index is 12.1. The third-order valence-corrected chi connectivity index (χ3v) is 4.20. The van der Waals surface area contributed by atoms with Crippen molar-refractivity contribution in [1.29, 1.82) is 0 Å². The summed E-state index contributed by atoms with van der Waals surface area (Å²) in [6.07, 6.45) is 5.25. The number of allylic oxidation sites excluding steroid dienone is 1. The number of carbonyl (C=O) groups is 1. The van der Waals surface area contributed by atoms with Crippen molar-refractivity contribution in [2.75, 3.05) is 0 Å². The van der Waals surface area contributed by atoms with Crippen molar-refractivity contribution in [3.8, 4) is 0 Å². The summed E-state index contributed by atoms with van der Waals surface area (Å²) in [7, 11) is 0. The number of nitrogens with zero attached hydrogens (tertiary/aromatic N) is 1. The molecule has 1 atom stereocenters. The van der Waals surface area contributed by atoms with Crippen molar-refractivity contribution in [2.45, 2.75) is 46.1 Å². The monoisotopic (exact) mass is 264 g/mol. The highest BCUT2D eigenvalue weighted by Gasteiger charge is 2.35. The molecule has 1 unspecified atom stereocenters. The average Bonchev–Trinajstić information content (AvgIpc) is 3.08. The molecule has 0 aliphatic heterocycles. The molecule has 1 aliphatic rings. The lowest BCUT2D eigenvalue weighted by atomic mass is 10.1. The van der Waals surface area contributed by atoms with E-state index in [2.05, 4.69) is 10.3 Å². The molecule has 1 saturated carbocycles. The molecule has 4 heteroatoms. The van der Waals surface area contributed by atoms with Crippen LogP contribution in [-0.4, -0.2) is 10.9 Å². The molecule has 1 N–H and O–H groups in total. The Morgan fingerprint density at radius 2 is 2.39 bits per heavy atom. The normalized spacial score (nSPS) is 17.6. The van der Waals surface area contributed by atoms with Crippen molar-refractivity contribution >= 4 is 17.2 Å². The lowest BCUT2D eigenvalue weighted by Gasteiger charge is -2.16. The number of nitrogens with one attached hydrogen (secondary N) is 1. The molecule has 0 spiro atoms. The van der Waals surface area contributed by atoms with Gasteiger partial charge in [0.15, 0.2) is 0 Å². The third-order valence-electron chi connectivity index (χ3n) is 3.15. The van der Waals surface area contributed by atoms with Crippen LogP contribution < -0.4 is 5.32 Å². The SMILES string of the molecule is CC/C=C(\C)C(=O)NC(c1nc(C)cs1)C1CC1. The fourth-order valence-electron chi connectivity index (χ4n) is 1.98. The Bertz CT molecular complexity index is 460. The molecule has 1 fully saturated rings. The fraction of sp³-hybridized carbons (Fsp3) is 0.571. The van der Waals surface area contributed by atoms with Crippen LogP contribution in [0.4, 0.5) is 0 Å². The second-order valence-corrected chi connectivity index (χ2v) is 5.80. The quantitative estimate of drug-likeness (QED) is 0.828. The highest BCUT2D eigenvalue weighted by Crippen LogP contribution is 2.41. The lowest BCUT2D eigenvalue weighted by Crippen LogP contribution is -2.30. The first-order valence-electron chi connectivity index (χ1n) is 6.51. The van der Waals surface area contributed by atoms with E-state index in [0.29, 0.717) is 5.92 Å². The van der Waals surface area contributed by atoms with E-state index in [4.69, 9.17) is 0 Å². The van der Waals surface area contributed by atoms with Gasteiger partial charge in [0.25, 0.3) is 0 Å². The van der Waals surface area contributed by atoms with Crippen molar-refractivity contribution in [3.63, 3.8) is 0 Å². The Morgan fingerprint density at radius 1 is 1.67 bits per heavy atom. The summed E-state index contributed by atoms with van der Waals surface area (Å²) in [4.78, 5) is 16.6. The number of hydrogen-bond donors (Lipinski definition) is 1. The Kier molecular flexibility index (Phi) is 4.17. The van der Waals surface area contributed by atoms with Crippen LogP contribution in [-0.2, 0) is 4.79 Å². The van der Waals surface area contributed by atoms with Gasteiger partial charge in [0.2, 0.25) is 5.91 Å². The van der Waals surface area contributed by atoms with Gasteiger partial charge in [-0.15, -0.1) is 11.3 Å². The molecular weight excluding hydrogens is 244 g/mol. The largest absolute Gasteiger partial charge is 0.343 e. The molecule has 98 valence electrons. The third kappa shape index (κ3) is 3.19. The summed E-state index contributed by atoms with van der Waals surface area (Å²) in [6.45, 7) is 5.91. The zero-order valence-electron chi connectivity index (χ0n) is 11.2. The van der Waals surface area contributed by atoms with Gasteiger partial charge in [-0.3, -0.25) is 4.79 Å². The van der Waals surface area contributed by atoms with Gasteiger partial charge in [0, 0.05) is 16.6 Å². The van der Waals surface area contributed by atoms with E-state index in [9.17, 15) is 4.79 Å². The first kappa shape index (κ1) is 13.3. The van der Waals surface area contributed by atoms with Crippen molar-refractivity contribution < 1.29 is 4.79 Å². The maximum Gasteiger partial charge on any atom is 0.247 e. The van der Waals surface area contributed by atoms with Crippen LogP contribution in [0, 0.1) is 12.8 Å². The van der Waals surface area contributed by atoms with Crippen molar-refractivity contribution in [1.82, 2.24) is 10.3 Å². The van der Waals surface area contributed by atoms with Crippen LogP contribution in [0.25, 0.3) is 0 Å². The van der Waals surface area contributed by atoms with Crippen LogP contribution in [0.3, 0.4) is 0 Å². The topological polar surface area (TPSA) is 42.0 Å². The zero-order chi connectivity index (χ0) is 13.1. The molecule has 1 amide bonds. The minimum absolute atomic E-state index is 0.0432. The van der Waals surface area contributed by atoms with Gasteiger partial charge in [-0.1, -0.05) is 13.0 Å². The second-order valence-electron chi connectivity index (χ2n) is 4.91. The van der Waals surface area contributed by atoms with Gasteiger partial charge in [-0.25, -0.2) is 4.98 Å². The zero-order valence-corrected chi connectivity index (χ0v) is 12.0. The number of thiazole rings is 1. The van der Waals surface area contributed by atoms with Gasteiger partial charge >= 0.3 is 0 Å². The van der Waals surface area contributed by atoms with Gasteiger partial charge in [-0.05, 0) is 39.0 Å². The number of amides is 1. The molecule has 18 heavy (non-hydrogen) atoms. The highest BCUT2D eigenvalue weighted by molar-refractivity contribution is 7.09. The molecule has 1 aliphatic carbocycles. The number of carbonyl (C=O) groups excluding carboxylic acids is 1. The van der Waals surface area contributed by atoms with E-state index < -0.39 is 0 Å². The molecule has 0 saturated heterocycles. The van der Waals surface area contributed by atoms with Crippen LogP contribution >= 0.6 is 11.3 Å². The van der Waals surface area contributed by atoms with Gasteiger partial charge in [0.1, 0.15) is 5.01 Å². The van der Waals surface area contributed by atoms with Crippen molar-refractivity contribution in [3.05, 3.63) is 27.7 Å². The smallest absolute Gasteiger partial charge is 0.247 e. The van der Waals surface area contributed by atoms with E-state index >= 15 is 0 Å². The number of aryl methyl sites for hydroxylation is 1. The first-order chi connectivity index (χ1) is 8.61. The number of rotatable bonds is 5. The molecule has 0 aromatic carbocycles. The lowest BCUT2D eigenvalue weighted by molar-refractivity contribution is -0.118. The highest BCUT2D eigenvalue weighted by atomic mass is 32.1. The predicted octanol–water partition coefficient (Wildman–Crippen LogP) is 3.38. The van der Waals surface area contributed by atoms with E-state index in [1.165, 1.54) is 12.8 Å². The average molecular weight is 264 g/mol. The molecule has 0 radical (unpaired) electrons. The van der Waals surface area contributed by atoms with Crippen LogP contribution in [0.5, 0.6) is 0 Å². The Hall–Kier alpha value is -1.16. The van der Waals surface area contributed by atoms with E-state index in [-0.39, 0.29) is 11.9 Å². The summed E-state index contributed by atoms with van der Waals surface area (Å²) < 4.78 is 0. The molecule has 3 nitrogen and oxygen atoms in total. The van der Waals surface area contributed by atoms with E-state index in [1.807, 2.05) is 32.2 Å². The predicted molar refractivity (Wildman–Crippen MR) is 74.5 cm³/mol. The fourth-order valence-corrected chi connectivity index (χ4v) is 2.92. The van der Waals surface area contributed by atoms with Crippen LogP contribution in [0.15, 0.2) is 17.0 Å². The summed E-state index contributed by atoms with van der Waals surface area (Å²) in [5, 5.41) is 6.23. The maximum absolute atomic E-state index is 12.1. The van der Waals surface area contributed by atoms with Gasteiger partial charge in [-0.2, -0.15) is 0 Å². The summed E-state index contributed by atoms with van der Waals surface area (Å²) in [6, 6.07) is 0.108. The molecule has 2 rings (SSSR count). The van der Waals surface area contributed by atoms with Gasteiger partial charge in [0.05, 0.1) is 6.04 Å². The summed E-state index contributed by atoms with van der Waals surface area (Å²) in [5.41, 5.74) is 1.84. The number of hydrogen-bond acceptors (Lipinski definition) is 3. The minimum atomic E-state index is 0.0432. The minimum Gasteiger partial charge on any atom is -0.343 e. The molecule has 0 bridgehead atoms. The second kappa shape index (κ2) is 5.65. The number of aromatic nitrogens is 1. The summed E-state index contributed by atoms with van der Waals surface area (Å²) >= 11 is 1.65. The van der Waals surface area contributed by atoms with Crippen LogP contribution in [0.2, 0.25) is 0 Å². The Balaban J connectivity index is 2.08. The summed E-state index contributed by atoms with van der Waals surface area (Å²) in [5.74, 6) is 0.621. The molecule has 1 aromatic rings. The molecule has 1 aromatic heterocycles. The molecular formula is C14H20N2OS. The Morgan fingerprint density at radius 3 is 2.89 bits per heavy atom. The van der Waals surface area contributed by atoms with Crippen LogP contribution in [0.1, 0.15) is 49.9 Å². The van der Waals surface area contributed by atoms with Gasteiger partial charge < -0.3 is 5.32 Å². The van der Waals surface area contributed by atoms with Crippen molar-refractivity contribution in [2.24, 2.45) is 5.92 Å². The standard InChI is InChI=1S/C14H20N2OS/c1-4-5-9(2)13(17)16-12(11-6-7-11)14-15-10(3)8-18-14/h5,8,11-12H,4,6-7H2,1-3H3,(H,16,17)/b9-5+. The van der Waals surface area contributed by atoms with E-state index in [1.54, 1.807) is 11.3 Å².